The Hall–Kier alpha value is -3.45. The van der Waals surface area contributed by atoms with Gasteiger partial charge in [-0.25, -0.2) is 0 Å². The molecule has 7 heteroatoms. The average Bonchev–Trinajstić information content (AvgIpc) is 3.05. The van der Waals surface area contributed by atoms with E-state index in [2.05, 4.69) is 16.7 Å². The van der Waals surface area contributed by atoms with Gasteiger partial charge in [0.1, 0.15) is 5.75 Å². The molecule has 0 amide bonds. The second-order valence-corrected chi connectivity index (χ2v) is 7.32. The highest BCUT2D eigenvalue weighted by molar-refractivity contribution is 7.07. The predicted octanol–water partition coefficient (Wildman–Crippen LogP) is 1.75. The van der Waals surface area contributed by atoms with Crippen molar-refractivity contribution in [2.75, 3.05) is 13.7 Å². The molecule has 1 aromatic carbocycles. The van der Waals surface area contributed by atoms with Gasteiger partial charge in [-0.2, -0.15) is 0 Å². The normalized spacial score (nSPS) is 15.1. The van der Waals surface area contributed by atoms with Gasteiger partial charge in [0, 0.05) is 43.2 Å². The van der Waals surface area contributed by atoms with Crippen LogP contribution in [0, 0.1) is 0 Å². The lowest BCUT2D eigenvalue weighted by molar-refractivity contribution is -0.112. The first-order valence-corrected chi connectivity index (χ1v) is 9.74. The number of para-hydroxylation sites is 1. The van der Waals surface area contributed by atoms with Crippen LogP contribution in [0.3, 0.4) is 0 Å². The number of H-pyrrole nitrogens is 1. The van der Waals surface area contributed by atoms with Crippen LogP contribution in [-0.4, -0.2) is 36.0 Å². The molecule has 2 heterocycles. The molecule has 0 atom stereocenters. The first-order chi connectivity index (χ1) is 14.1. The third-order valence-corrected chi connectivity index (χ3v) is 5.10. The van der Waals surface area contributed by atoms with Crippen molar-refractivity contribution in [3.63, 3.8) is 0 Å². The first kappa shape index (κ1) is 20.3. The fourth-order valence-corrected chi connectivity index (χ4v) is 3.74. The first-order valence-electron chi connectivity index (χ1n) is 8.93. The molecule has 1 aromatic heterocycles. The van der Waals surface area contributed by atoms with Crippen molar-refractivity contribution >= 4 is 36.0 Å². The van der Waals surface area contributed by atoms with Crippen LogP contribution in [0.5, 0.6) is 5.75 Å². The molecule has 0 spiro atoms. The van der Waals surface area contributed by atoms with E-state index in [4.69, 9.17) is 4.74 Å². The van der Waals surface area contributed by atoms with Crippen LogP contribution >= 0.6 is 11.3 Å². The van der Waals surface area contributed by atoms with Crippen molar-refractivity contribution in [1.29, 1.82) is 0 Å². The number of ketones is 1. The van der Waals surface area contributed by atoms with Gasteiger partial charge in [0.05, 0.1) is 16.3 Å². The maximum absolute atomic E-state index is 12.4. The number of benzene rings is 1. The van der Waals surface area contributed by atoms with Crippen molar-refractivity contribution in [2.45, 2.75) is 6.42 Å². The number of thiazole rings is 1. The second-order valence-electron chi connectivity index (χ2n) is 6.24. The number of rotatable bonds is 7. The SMILES string of the molecule is C=N/C=C\N1C=C(/C=c2\s/c(=C/C(=O)Cc3ccccc3OC)[nH]c2=O)C=CC1. The molecule has 29 heavy (non-hydrogen) atoms. The number of aliphatic imine (C=N–C) groups is 1. The van der Waals surface area contributed by atoms with E-state index >= 15 is 0 Å². The maximum atomic E-state index is 12.4. The highest BCUT2D eigenvalue weighted by atomic mass is 32.1. The smallest absolute Gasteiger partial charge is 0.266 e. The molecule has 1 aliphatic heterocycles. The monoisotopic (exact) mass is 407 g/mol. The Balaban J connectivity index is 1.83. The summed E-state index contributed by atoms with van der Waals surface area (Å²) in [5.74, 6) is 0.563. The molecule has 148 valence electrons. The summed E-state index contributed by atoms with van der Waals surface area (Å²) in [5, 5.41) is 0. The summed E-state index contributed by atoms with van der Waals surface area (Å²) >= 11 is 1.25. The van der Waals surface area contributed by atoms with Crippen LogP contribution in [-0.2, 0) is 11.2 Å². The van der Waals surface area contributed by atoms with Crippen molar-refractivity contribution in [3.8, 4) is 5.75 Å². The Morgan fingerprint density at radius 2 is 2.24 bits per heavy atom. The van der Waals surface area contributed by atoms with E-state index in [1.807, 2.05) is 47.5 Å². The topological polar surface area (TPSA) is 74.8 Å². The van der Waals surface area contributed by atoms with Crippen molar-refractivity contribution < 1.29 is 9.53 Å². The second kappa shape index (κ2) is 9.66. The van der Waals surface area contributed by atoms with Gasteiger partial charge in [-0.15, -0.1) is 11.3 Å². The molecule has 0 radical (unpaired) electrons. The third-order valence-electron chi connectivity index (χ3n) is 4.13. The Morgan fingerprint density at radius 3 is 3.03 bits per heavy atom. The van der Waals surface area contributed by atoms with E-state index in [0.717, 1.165) is 17.7 Å². The molecule has 6 nitrogen and oxygen atoms in total. The molecule has 0 fully saturated rings. The lowest BCUT2D eigenvalue weighted by Gasteiger charge is -2.16. The molecule has 0 saturated carbocycles. The van der Waals surface area contributed by atoms with E-state index in [1.54, 1.807) is 25.6 Å². The van der Waals surface area contributed by atoms with Gasteiger partial charge in [-0.3, -0.25) is 14.6 Å². The van der Waals surface area contributed by atoms with Gasteiger partial charge < -0.3 is 14.6 Å². The molecular weight excluding hydrogens is 386 g/mol. The summed E-state index contributed by atoms with van der Waals surface area (Å²) in [6.07, 6.45) is 12.7. The zero-order valence-electron chi connectivity index (χ0n) is 16.0. The van der Waals surface area contributed by atoms with Crippen molar-refractivity contribution in [2.24, 2.45) is 4.99 Å². The van der Waals surface area contributed by atoms with E-state index in [0.29, 0.717) is 14.9 Å². The number of nitrogens with one attached hydrogen (secondary N) is 1. The number of aromatic amines is 1. The van der Waals surface area contributed by atoms with Gasteiger partial charge in [0.2, 0.25) is 0 Å². The number of carbonyl (C=O) groups excluding carboxylic acids is 1. The average molecular weight is 407 g/mol. The summed E-state index contributed by atoms with van der Waals surface area (Å²) in [6.45, 7) is 4.14. The molecule has 0 bridgehead atoms. The lowest BCUT2D eigenvalue weighted by Crippen LogP contribution is -2.21. The number of aromatic nitrogens is 1. The summed E-state index contributed by atoms with van der Waals surface area (Å²) in [7, 11) is 1.57. The zero-order valence-corrected chi connectivity index (χ0v) is 16.8. The highest BCUT2D eigenvalue weighted by Gasteiger charge is 2.07. The van der Waals surface area contributed by atoms with Crippen molar-refractivity contribution in [3.05, 3.63) is 85.7 Å². The quantitative estimate of drug-likeness (QED) is 0.710. The summed E-state index contributed by atoms with van der Waals surface area (Å²) in [4.78, 5) is 33.1. The Bertz CT molecular complexity index is 1170. The van der Waals surface area contributed by atoms with Crippen LogP contribution in [0.2, 0.25) is 0 Å². The Morgan fingerprint density at radius 1 is 1.41 bits per heavy atom. The Kier molecular flexibility index (Phi) is 6.76. The number of nitrogens with zero attached hydrogens (tertiary/aromatic N) is 2. The largest absolute Gasteiger partial charge is 0.496 e. The number of hydrogen-bond donors (Lipinski definition) is 1. The lowest BCUT2D eigenvalue weighted by atomic mass is 10.1. The van der Waals surface area contributed by atoms with Gasteiger partial charge in [-0.05, 0) is 24.4 Å². The molecule has 3 rings (SSSR count). The fraction of sp³-hybridized carbons (Fsp3) is 0.136. The predicted molar refractivity (Wildman–Crippen MR) is 117 cm³/mol. The minimum Gasteiger partial charge on any atom is -0.496 e. The number of carbonyl (C=O) groups is 1. The van der Waals surface area contributed by atoms with Crippen LogP contribution in [0.25, 0.3) is 12.2 Å². The number of Topliss-reactive ketones (excluding diaryl/α,β-unsaturated/α-hetero) is 1. The number of methoxy groups -OCH3 is 1. The molecule has 1 N–H and O–H groups in total. The molecular formula is C22H21N3O3S. The van der Waals surface area contributed by atoms with Crippen molar-refractivity contribution in [1.82, 2.24) is 9.88 Å². The highest BCUT2D eigenvalue weighted by Crippen LogP contribution is 2.18. The third kappa shape index (κ3) is 5.52. The summed E-state index contributed by atoms with van der Waals surface area (Å²) < 4.78 is 6.33. The molecule has 0 saturated heterocycles. The number of ether oxygens (including phenoxy) is 1. The van der Waals surface area contributed by atoms with E-state index in [9.17, 15) is 9.59 Å². The van der Waals surface area contributed by atoms with Crippen LogP contribution in [0.4, 0.5) is 0 Å². The zero-order chi connectivity index (χ0) is 20.6. The van der Waals surface area contributed by atoms with Gasteiger partial charge in [-0.1, -0.05) is 30.4 Å². The number of allylic oxidation sites excluding steroid dienone is 2. The van der Waals surface area contributed by atoms with E-state index in [1.165, 1.54) is 17.4 Å². The maximum Gasteiger partial charge on any atom is 0.266 e. The standard InChI is InChI=1S/C22H21N3O3S/c1-23-9-11-25-10-5-6-16(15-25)12-20-22(27)24-21(29-20)14-18(26)13-17-7-3-4-8-19(17)28-2/h3-9,11-12,14-15H,1,10,13H2,2H3,(H,24,27)/b11-9-,20-12-,21-14+. The molecule has 1 aliphatic rings. The Labute approximate surface area is 172 Å². The van der Waals surface area contributed by atoms with Gasteiger partial charge in [0.25, 0.3) is 5.56 Å². The number of hydrogen-bond acceptors (Lipinski definition) is 6. The van der Waals surface area contributed by atoms with E-state index in [-0.39, 0.29) is 17.8 Å². The molecule has 0 aliphatic carbocycles. The van der Waals surface area contributed by atoms with Crippen LogP contribution in [0.15, 0.2) is 70.4 Å². The summed E-state index contributed by atoms with van der Waals surface area (Å²) in [5.41, 5.74) is 1.46. The summed E-state index contributed by atoms with van der Waals surface area (Å²) in [6, 6.07) is 7.39. The molecule has 0 unspecified atom stereocenters. The minimum atomic E-state index is -0.221. The van der Waals surface area contributed by atoms with E-state index < -0.39 is 0 Å². The molecule has 2 aromatic rings. The van der Waals surface area contributed by atoms with Gasteiger partial charge >= 0.3 is 0 Å². The fourth-order valence-electron chi connectivity index (χ4n) is 2.83. The van der Waals surface area contributed by atoms with Crippen LogP contribution in [0.1, 0.15) is 5.56 Å². The van der Waals surface area contributed by atoms with Crippen LogP contribution < -0.4 is 19.5 Å². The minimum absolute atomic E-state index is 0.108. The van der Waals surface area contributed by atoms with Gasteiger partial charge in [0.15, 0.2) is 5.78 Å².